The maximum atomic E-state index is 11.6. The van der Waals surface area contributed by atoms with Crippen molar-refractivity contribution < 1.29 is 9.53 Å². The van der Waals surface area contributed by atoms with E-state index < -0.39 is 0 Å². The van der Waals surface area contributed by atoms with E-state index in [9.17, 15) is 4.79 Å². The molecule has 1 aliphatic heterocycles. The van der Waals surface area contributed by atoms with E-state index in [0.717, 1.165) is 44.8 Å². The Kier molecular flexibility index (Phi) is 5.24. The second kappa shape index (κ2) is 7.14. The standard InChI is InChI=1S/C15H23N3O2/c1-2-20-15(19)18-11-9-17(10-12-18)8-7-13-5-3-4-6-14(13)16/h3-6H,2,7-12,16H2,1H3. The van der Waals surface area contributed by atoms with Crippen molar-refractivity contribution in [2.24, 2.45) is 0 Å². The first-order chi connectivity index (χ1) is 9.70. The van der Waals surface area contributed by atoms with Crippen LogP contribution in [0.15, 0.2) is 24.3 Å². The zero-order chi connectivity index (χ0) is 14.4. The van der Waals surface area contributed by atoms with Crippen LogP contribution in [0.5, 0.6) is 0 Å². The highest BCUT2D eigenvalue weighted by molar-refractivity contribution is 5.67. The van der Waals surface area contributed by atoms with E-state index in [1.54, 1.807) is 4.90 Å². The van der Waals surface area contributed by atoms with Gasteiger partial charge in [0.1, 0.15) is 0 Å². The van der Waals surface area contributed by atoms with E-state index in [-0.39, 0.29) is 6.09 Å². The van der Waals surface area contributed by atoms with Crippen LogP contribution in [0.1, 0.15) is 12.5 Å². The van der Waals surface area contributed by atoms with Gasteiger partial charge in [0.15, 0.2) is 0 Å². The Morgan fingerprint density at radius 2 is 1.95 bits per heavy atom. The lowest BCUT2D eigenvalue weighted by atomic mass is 10.1. The summed E-state index contributed by atoms with van der Waals surface area (Å²) in [6.45, 7) is 6.51. The minimum atomic E-state index is -0.195. The average molecular weight is 277 g/mol. The molecule has 0 radical (unpaired) electrons. The Balaban J connectivity index is 1.75. The molecule has 0 unspecified atom stereocenters. The third-order valence-electron chi connectivity index (χ3n) is 3.65. The summed E-state index contributed by atoms with van der Waals surface area (Å²) in [6, 6.07) is 7.99. The van der Waals surface area contributed by atoms with Gasteiger partial charge in [-0.3, -0.25) is 4.90 Å². The number of carbonyl (C=O) groups is 1. The molecule has 0 aliphatic carbocycles. The zero-order valence-electron chi connectivity index (χ0n) is 12.0. The summed E-state index contributed by atoms with van der Waals surface area (Å²) in [6.07, 6.45) is 0.756. The predicted molar refractivity (Wildman–Crippen MR) is 79.6 cm³/mol. The second-order valence-corrected chi connectivity index (χ2v) is 4.98. The molecule has 1 fully saturated rings. The highest BCUT2D eigenvalue weighted by Gasteiger charge is 2.21. The van der Waals surface area contributed by atoms with Crippen LogP contribution in [0.25, 0.3) is 0 Å². The molecule has 1 aliphatic rings. The fourth-order valence-corrected chi connectivity index (χ4v) is 2.41. The van der Waals surface area contributed by atoms with Gasteiger partial charge in [0.2, 0.25) is 0 Å². The van der Waals surface area contributed by atoms with E-state index in [1.807, 2.05) is 25.1 Å². The van der Waals surface area contributed by atoms with E-state index in [1.165, 1.54) is 5.56 Å². The summed E-state index contributed by atoms with van der Waals surface area (Å²) in [5, 5.41) is 0. The molecule has 1 saturated heterocycles. The van der Waals surface area contributed by atoms with Crippen molar-refractivity contribution in [3.8, 4) is 0 Å². The van der Waals surface area contributed by atoms with Crippen LogP contribution in [0.4, 0.5) is 10.5 Å². The first-order valence-corrected chi connectivity index (χ1v) is 7.18. The Hall–Kier alpha value is -1.75. The van der Waals surface area contributed by atoms with Crippen LogP contribution in [-0.2, 0) is 11.2 Å². The molecule has 0 atom stereocenters. The van der Waals surface area contributed by atoms with Gasteiger partial charge in [-0.25, -0.2) is 4.79 Å². The molecule has 0 aromatic heterocycles. The van der Waals surface area contributed by atoms with Crippen molar-refractivity contribution in [1.82, 2.24) is 9.80 Å². The minimum absolute atomic E-state index is 0.195. The van der Waals surface area contributed by atoms with E-state index in [0.29, 0.717) is 6.61 Å². The quantitative estimate of drug-likeness (QED) is 0.849. The number of carbonyl (C=O) groups excluding carboxylic acids is 1. The van der Waals surface area contributed by atoms with Crippen molar-refractivity contribution in [3.05, 3.63) is 29.8 Å². The molecule has 0 saturated carbocycles. The number of nitrogen functional groups attached to an aromatic ring is 1. The molecule has 5 heteroatoms. The smallest absolute Gasteiger partial charge is 0.409 e. The molecule has 2 N–H and O–H groups in total. The molecule has 0 spiro atoms. The summed E-state index contributed by atoms with van der Waals surface area (Å²) >= 11 is 0. The van der Waals surface area contributed by atoms with Crippen LogP contribution >= 0.6 is 0 Å². The molecule has 1 aromatic carbocycles. The number of hydrogen-bond acceptors (Lipinski definition) is 4. The van der Waals surface area contributed by atoms with Crippen LogP contribution in [0, 0.1) is 0 Å². The van der Waals surface area contributed by atoms with Crippen molar-refractivity contribution in [3.63, 3.8) is 0 Å². The van der Waals surface area contributed by atoms with Gasteiger partial charge in [0.25, 0.3) is 0 Å². The lowest BCUT2D eigenvalue weighted by Gasteiger charge is -2.34. The summed E-state index contributed by atoms with van der Waals surface area (Å²) in [5.41, 5.74) is 8.00. The normalized spacial score (nSPS) is 16.1. The van der Waals surface area contributed by atoms with Gasteiger partial charge in [-0.2, -0.15) is 0 Å². The molecular formula is C15H23N3O2. The summed E-state index contributed by atoms with van der Waals surface area (Å²) in [7, 11) is 0. The van der Waals surface area contributed by atoms with Crippen LogP contribution in [0.3, 0.4) is 0 Å². The first-order valence-electron chi connectivity index (χ1n) is 7.18. The van der Waals surface area contributed by atoms with Crippen molar-refractivity contribution in [2.45, 2.75) is 13.3 Å². The molecular weight excluding hydrogens is 254 g/mol. The lowest BCUT2D eigenvalue weighted by Crippen LogP contribution is -2.49. The number of para-hydroxylation sites is 1. The Morgan fingerprint density at radius 3 is 2.60 bits per heavy atom. The zero-order valence-corrected chi connectivity index (χ0v) is 12.0. The third kappa shape index (κ3) is 3.87. The number of hydrogen-bond donors (Lipinski definition) is 1. The van der Waals surface area contributed by atoms with E-state index >= 15 is 0 Å². The minimum Gasteiger partial charge on any atom is -0.450 e. The fraction of sp³-hybridized carbons (Fsp3) is 0.533. The molecule has 20 heavy (non-hydrogen) atoms. The number of piperazine rings is 1. The Morgan fingerprint density at radius 1 is 1.25 bits per heavy atom. The van der Waals surface area contributed by atoms with Crippen LogP contribution in [-0.4, -0.2) is 55.2 Å². The van der Waals surface area contributed by atoms with Crippen molar-refractivity contribution >= 4 is 11.8 Å². The predicted octanol–water partition coefficient (Wildman–Crippen LogP) is 1.59. The number of rotatable bonds is 4. The molecule has 1 amide bonds. The number of amides is 1. The van der Waals surface area contributed by atoms with E-state index in [2.05, 4.69) is 11.0 Å². The third-order valence-corrected chi connectivity index (χ3v) is 3.65. The van der Waals surface area contributed by atoms with Gasteiger partial charge in [-0.05, 0) is 25.0 Å². The fourth-order valence-electron chi connectivity index (χ4n) is 2.41. The maximum absolute atomic E-state index is 11.6. The van der Waals surface area contributed by atoms with Gasteiger partial charge in [-0.15, -0.1) is 0 Å². The Bertz CT molecular complexity index is 442. The number of nitrogens with two attached hydrogens (primary N) is 1. The molecule has 2 rings (SSSR count). The summed E-state index contributed by atoms with van der Waals surface area (Å²) in [4.78, 5) is 15.7. The van der Waals surface area contributed by atoms with Crippen LogP contribution < -0.4 is 5.73 Å². The Labute approximate surface area is 120 Å². The van der Waals surface area contributed by atoms with Gasteiger partial charge in [-0.1, -0.05) is 18.2 Å². The lowest BCUT2D eigenvalue weighted by molar-refractivity contribution is 0.0800. The van der Waals surface area contributed by atoms with Gasteiger partial charge in [0.05, 0.1) is 6.61 Å². The molecule has 0 bridgehead atoms. The summed E-state index contributed by atoms with van der Waals surface area (Å²) < 4.78 is 5.01. The number of ether oxygens (including phenoxy) is 1. The first kappa shape index (κ1) is 14.7. The van der Waals surface area contributed by atoms with Gasteiger partial charge < -0.3 is 15.4 Å². The van der Waals surface area contributed by atoms with E-state index in [4.69, 9.17) is 10.5 Å². The highest BCUT2D eigenvalue weighted by Crippen LogP contribution is 2.12. The number of nitrogens with zero attached hydrogens (tertiary/aromatic N) is 2. The van der Waals surface area contributed by atoms with Crippen LogP contribution in [0.2, 0.25) is 0 Å². The number of benzene rings is 1. The molecule has 1 aromatic rings. The molecule has 110 valence electrons. The van der Waals surface area contributed by atoms with Crippen molar-refractivity contribution in [2.75, 3.05) is 45.1 Å². The maximum Gasteiger partial charge on any atom is 0.409 e. The largest absolute Gasteiger partial charge is 0.450 e. The van der Waals surface area contributed by atoms with Gasteiger partial charge >= 0.3 is 6.09 Å². The number of anilines is 1. The highest BCUT2D eigenvalue weighted by atomic mass is 16.6. The van der Waals surface area contributed by atoms with Gasteiger partial charge in [0, 0.05) is 38.4 Å². The second-order valence-electron chi connectivity index (χ2n) is 4.98. The molecule has 1 heterocycles. The monoisotopic (exact) mass is 277 g/mol. The SMILES string of the molecule is CCOC(=O)N1CCN(CCc2ccccc2N)CC1. The van der Waals surface area contributed by atoms with Crippen molar-refractivity contribution in [1.29, 1.82) is 0 Å². The average Bonchev–Trinajstić information content (AvgIpc) is 2.47. The summed E-state index contributed by atoms with van der Waals surface area (Å²) in [5.74, 6) is 0. The topological polar surface area (TPSA) is 58.8 Å². The molecule has 5 nitrogen and oxygen atoms in total.